The van der Waals surface area contributed by atoms with E-state index in [9.17, 15) is 47.9 Å². The van der Waals surface area contributed by atoms with Crippen LogP contribution in [0.3, 0.4) is 0 Å². The second kappa shape index (κ2) is 44.3. The molecule has 0 spiro atoms. The highest BCUT2D eigenvalue weighted by Gasteiger charge is 2.34. The first-order valence-electron chi connectivity index (χ1n) is 25.5. The Morgan fingerprint density at radius 3 is 0.922 bits per heavy atom. The van der Waals surface area contributed by atoms with Crippen LogP contribution in [0.5, 0.6) is 0 Å². The van der Waals surface area contributed by atoms with Gasteiger partial charge in [0.25, 0.3) is 0 Å². The topological polar surface area (TPSA) is 263 Å². The maximum Gasteiger partial charge on any atom is 0.333 e. The molecule has 4 unspecified atom stereocenters. The maximum absolute atomic E-state index is 12.0. The molecule has 0 aromatic rings. The molecule has 0 saturated carbocycles. The van der Waals surface area contributed by atoms with Gasteiger partial charge in [0.05, 0.1) is 50.5 Å². The van der Waals surface area contributed by atoms with Crippen molar-refractivity contribution in [1.82, 2.24) is 0 Å². The third kappa shape index (κ3) is 45.1. The first-order valence-corrected chi connectivity index (χ1v) is 25.5. The first-order chi connectivity index (χ1) is 35.8. The quantitative estimate of drug-likeness (QED) is 0.0251. The number of rotatable bonds is 34. The van der Waals surface area contributed by atoms with E-state index in [-0.39, 0.29) is 113 Å². The molecular formula is C57H90O20. The standard InChI is InChI=1S/C18H28O6.C16H24O6.C12H20O4.C11H18O4/c1-8-14(6)24-15(19)9-18(7,10-22-16(20)12(2)3)11-23-17(21)13(4)5;1-6-12(4)22-15(19)9-16(5,10-20-13(17)7-2)11-21-14(18)8-3;1-5-10(4)16-11(13)7-6-8-15-12(14)9(2)3;1-4-9(3)15-11(13)7-6-8-14-10(12)5-2/h14H,2,4,8-11H2,1,3,5-7H3;7-8,12H,2-3,6,9-11H2,1,4-5H3;10H,2,5-8H2,1,3-4H3;5,9H,2,4,6-8H2,1,3H3. The number of carbonyl (C=O) groups is 10. The van der Waals surface area contributed by atoms with Gasteiger partial charge >= 0.3 is 59.7 Å². The van der Waals surface area contributed by atoms with Gasteiger partial charge in [0.1, 0.15) is 26.4 Å². The summed E-state index contributed by atoms with van der Waals surface area (Å²) in [6.07, 6.45) is 7.02. The molecule has 0 amide bonds. The van der Waals surface area contributed by atoms with Gasteiger partial charge in [0.15, 0.2) is 0 Å². The van der Waals surface area contributed by atoms with Crippen LogP contribution >= 0.6 is 0 Å². The highest BCUT2D eigenvalue weighted by Crippen LogP contribution is 2.26. The average molecular weight is 1100 g/mol. The SMILES string of the molecule is C=C(C)C(=O)OCC(C)(COC(=O)C(=C)C)CC(=O)OC(C)CC.C=C(C)C(=O)OCCCC(=O)OC(C)CC.C=CC(=O)OCC(C)(COC(=O)C=C)CC(=O)OC(C)CC.C=CC(=O)OCCCC(=O)OC(C)CC. The number of hydrogen-bond acceptors (Lipinski definition) is 20. The van der Waals surface area contributed by atoms with Crippen LogP contribution in [0.25, 0.3) is 0 Å². The molecule has 438 valence electrons. The molecule has 0 fully saturated rings. The van der Waals surface area contributed by atoms with Gasteiger partial charge in [-0.2, -0.15) is 0 Å². The van der Waals surface area contributed by atoms with Gasteiger partial charge in [-0.1, -0.05) is 81.0 Å². The summed E-state index contributed by atoms with van der Waals surface area (Å²) in [5.74, 6) is -4.63. The van der Waals surface area contributed by atoms with Crippen LogP contribution in [0.2, 0.25) is 0 Å². The Morgan fingerprint density at radius 1 is 0.403 bits per heavy atom. The van der Waals surface area contributed by atoms with Crippen molar-refractivity contribution in [3.05, 3.63) is 74.4 Å². The molecule has 0 N–H and O–H groups in total. The molecule has 0 saturated heterocycles. The summed E-state index contributed by atoms with van der Waals surface area (Å²) in [5, 5.41) is 0. The zero-order valence-corrected chi connectivity index (χ0v) is 48.3. The van der Waals surface area contributed by atoms with E-state index in [4.69, 9.17) is 47.4 Å². The fraction of sp³-hybridized carbons (Fsp3) is 0.614. The molecule has 0 heterocycles. The van der Waals surface area contributed by atoms with E-state index in [1.165, 1.54) is 13.8 Å². The number of esters is 10. The smallest absolute Gasteiger partial charge is 0.333 e. The van der Waals surface area contributed by atoms with Crippen LogP contribution in [0.4, 0.5) is 0 Å². The molecule has 0 rings (SSSR count). The molecule has 20 nitrogen and oxygen atoms in total. The summed E-state index contributed by atoms with van der Waals surface area (Å²) in [5.41, 5.74) is -0.929. The Labute approximate surface area is 457 Å². The van der Waals surface area contributed by atoms with Crippen molar-refractivity contribution in [3.63, 3.8) is 0 Å². The van der Waals surface area contributed by atoms with Crippen LogP contribution in [-0.2, 0) is 95.3 Å². The molecule has 0 radical (unpaired) electrons. The largest absolute Gasteiger partial charge is 0.463 e. The van der Waals surface area contributed by atoms with Gasteiger partial charge in [-0.15, -0.1) is 0 Å². The van der Waals surface area contributed by atoms with Crippen molar-refractivity contribution >= 4 is 59.7 Å². The minimum atomic E-state index is -0.902. The Balaban J connectivity index is -0.000000470. The summed E-state index contributed by atoms with van der Waals surface area (Å²) in [6.45, 7) is 43.3. The molecule has 77 heavy (non-hydrogen) atoms. The van der Waals surface area contributed by atoms with Crippen molar-refractivity contribution < 1.29 is 95.3 Å². The van der Waals surface area contributed by atoms with Crippen LogP contribution in [0, 0.1) is 10.8 Å². The van der Waals surface area contributed by atoms with Gasteiger partial charge in [-0.25, -0.2) is 28.8 Å². The van der Waals surface area contributed by atoms with Gasteiger partial charge in [0, 0.05) is 58.6 Å². The Morgan fingerprint density at radius 2 is 0.649 bits per heavy atom. The van der Waals surface area contributed by atoms with E-state index >= 15 is 0 Å². The van der Waals surface area contributed by atoms with Crippen molar-refractivity contribution in [1.29, 1.82) is 0 Å². The molecule has 4 atom stereocenters. The maximum atomic E-state index is 12.0. The lowest BCUT2D eigenvalue weighted by Gasteiger charge is -2.28. The van der Waals surface area contributed by atoms with Gasteiger partial charge < -0.3 is 47.4 Å². The molecule has 20 heteroatoms. The normalized spacial score (nSPS) is 11.9. The monoisotopic (exact) mass is 1090 g/mol. The number of hydrogen-bond donors (Lipinski definition) is 0. The Hall–Kier alpha value is -6.86. The molecule has 0 bridgehead atoms. The van der Waals surface area contributed by atoms with Gasteiger partial charge in [-0.3, -0.25) is 19.2 Å². The van der Waals surface area contributed by atoms with E-state index in [0.29, 0.717) is 31.3 Å². The summed E-state index contributed by atoms with van der Waals surface area (Å²) in [7, 11) is 0. The fourth-order valence-electron chi connectivity index (χ4n) is 4.70. The van der Waals surface area contributed by atoms with Crippen LogP contribution in [-0.4, -0.2) is 124 Å². The molecule has 0 aromatic carbocycles. The molecule has 0 aliphatic carbocycles. The van der Waals surface area contributed by atoms with Gasteiger partial charge in [0.2, 0.25) is 0 Å². The summed E-state index contributed by atoms with van der Waals surface area (Å²) in [6, 6.07) is 0. The molecule has 0 aromatic heterocycles. The van der Waals surface area contributed by atoms with Crippen molar-refractivity contribution in [2.24, 2.45) is 10.8 Å². The third-order valence-corrected chi connectivity index (χ3v) is 10.1. The van der Waals surface area contributed by atoms with E-state index < -0.39 is 58.6 Å². The Bertz CT molecular complexity index is 1890. The van der Waals surface area contributed by atoms with Crippen LogP contribution in [0.15, 0.2) is 74.4 Å². The zero-order valence-electron chi connectivity index (χ0n) is 48.3. The lowest BCUT2D eigenvalue weighted by molar-refractivity contribution is -0.160. The third-order valence-electron chi connectivity index (χ3n) is 10.1. The average Bonchev–Trinajstić information content (AvgIpc) is 3.38. The van der Waals surface area contributed by atoms with Crippen molar-refractivity contribution in [3.8, 4) is 0 Å². The minimum Gasteiger partial charge on any atom is -0.463 e. The summed E-state index contributed by atoms with van der Waals surface area (Å²) in [4.78, 5) is 113. The van der Waals surface area contributed by atoms with Crippen LogP contribution < -0.4 is 0 Å². The lowest BCUT2D eigenvalue weighted by Crippen LogP contribution is -2.35. The second-order valence-electron chi connectivity index (χ2n) is 18.6. The molecular weight excluding hydrogens is 1000 g/mol. The number of ether oxygens (including phenoxy) is 10. The summed E-state index contributed by atoms with van der Waals surface area (Å²) < 4.78 is 50.3. The van der Waals surface area contributed by atoms with Crippen molar-refractivity contribution in [2.45, 2.75) is 179 Å². The predicted molar refractivity (Wildman–Crippen MR) is 288 cm³/mol. The second-order valence-corrected chi connectivity index (χ2v) is 18.6. The van der Waals surface area contributed by atoms with Crippen molar-refractivity contribution in [2.75, 3.05) is 39.6 Å². The minimum absolute atomic E-state index is 0.0479. The molecule has 0 aliphatic rings. The van der Waals surface area contributed by atoms with E-state index in [1.807, 2.05) is 41.5 Å². The predicted octanol–water partition coefficient (Wildman–Crippen LogP) is 9.21. The Kier molecular flexibility index (Phi) is 44.1. The zero-order chi connectivity index (χ0) is 60.3. The summed E-state index contributed by atoms with van der Waals surface area (Å²) >= 11 is 0. The van der Waals surface area contributed by atoms with E-state index in [2.05, 4.69) is 39.5 Å². The fourth-order valence-corrected chi connectivity index (χ4v) is 4.70. The van der Waals surface area contributed by atoms with E-state index in [0.717, 1.165) is 31.1 Å². The highest BCUT2D eigenvalue weighted by molar-refractivity contribution is 5.88. The first kappa shape index (κ1) is 76.6. The van der Waals surface area contributed by atoms with E-state index in [1.54, 1.807) is 34.6 Å². The number of carbonyl (C=O) groups excluding carboxylic acids is 10. The highest BCUT2D eigenvalue weighted by atomic mass is 16.6. The van der Waals surface area contributed by atoms with Crippen LogP contribution in [0.1, 0.15) is 154 Å². The van der Waals surface area contributed by atoms with Gasteiger partial charge in [-0.05, 0) is 87.0 Å². The lowest BCUT2D eigenvalue weighted by atomic mass is 9.88. The molecule has 0 aliphatic heterocycles.